The van der Waals surface area contributed by atoms with E-state index in [1.54, 1.807) is 23.9 Å². The molecule has 35 heavy (non-hydrogen) atoms. The molecule has 1 heterocycles. The van der Waals surface area contributed by atoms with Crippen LogP contribution in [0.15, 0.2) is 48.7 Å². The lowest BCUT2D eigenvalue weighted by Crippen LogP contribution is -2.22. The van der Waals surface area contributed by atoms with Crippen molar-refractivity contribution in [1.29, 1.82) is 0 Å². The monoisotopic (exact) mass is 480 g/mol. The largest absolute Gasteiger partial charge is 0.323 e. The number of benzene rings is 1. The third-order valence-electron chi connectivity index (χ3n) is 5.50. The highest BCUT2D eigenvalue weighted by Crippen LogP contribution is 2.28. The van der Waals surface area contributed by atoms with Crippen molar-refractivity contribution < 1.29 is 14.0 Å². The highest BCUT2D eigenvalue weighted by molar-refractivity contribution is 6.05. The van der Waals surface area contributed by atoms with Gasteiger partial charge in [0.25, 0.3) is 0 Å². The molecule has 1 aromatic carbocycles. The van der Waals surface area contributed by atoms with Crippen LogP contribution in [0, 0.1) is 12.7 Å². The van der Waals surface area contributed by atoms with Crippen LogP contribution < -0.4 is 10.6 Å². The SMILES string of the molecule is C=C(/C=C\C(=C/CCC)c1cc(NC(=O)Nc2cn(C(C)(C)C)nc2C(C)=O)cc(F)c1C)CC. The Morgan fingerprint density at radius 3 is 2.43 bits per heavy atom. The van der Waals surface area contributed by atoms with Crippen molar-refractivity contribution in [3.63, 3.8) is 0 Å². The van der Waals surface area contributed by atoms with Gasteiger partial charge in [0.2, 0.25) is 0 Å². The fraction of sp³-hybridized carbons (Fsp3) is 0.393. The lowest BCUT2D eigenvalue weighted by molar-refractivity contribution is 0.101. The van der Waals surface area contributed by atoms with Gasteiger partial charge in [0, 0.05) is 18.8 Å². The van der Waals surface area contributed by atoms with Gasteiger partial charge in [0.1, 0.15) is 5.82 Å². The fourth-order valence-electron chi connectivity index (χ4n) is 3.30. The number of halogens is 1. The van der Waals surface area contributed by atoms with E-state index < -0.39 is 11.8 Å². The van der Waals surface area contributed by atoms with Crippen molar-refractivity contribution in [2.75, 3.05) is 10.6 Å². The summed E-state index contributed by atoms with van der Waals surface area (Å²) in [7, 11) is 0. The van der Waals surface area contributed by atoms with E-state index in [0.717, 1.165) is 30.4 Å². The number of amides is 2. The number of rotatable bonds is 9. The maximum absolute atomic E-state index is 14.9. The van der Waals surface area contributed by atoms with E-state index in [4.69, 9.17) is 0 Å². The van der Waals surface area contributed by atoms with Crippen LogP contribution in [0.5, 0.6) is 0 Å². The molecule has 1 aromatic heterocycles. The molecular formula is C28H37FN4O2. The molecule has 0 aliphatic carbocycles. The summed E-state index contributed by atoms with van der Waals surface area (Å²) in [5.74, 6) is -0.689. The van der Waals surface area contributed by atoms with Gasteiger partial charge in [-0.1, -0.05) is 50.6 Å². The van der Waals surface area contributed by atoms with E-state index in [2.05, 4.69) is 35.3 Å². The highest BCUT2D eigenvalue weighted by atomic mass is 19.1. The summed E-state index contributed by atoms with van der Waals surface area (Å²) in [4.78, 5) is 24.8. The molecule has 7 heteroatoms. The minimum absolute atomic E-state index is 0.164. The zero-order valence-electron chi connectivity index (χ0n) is 21.9. The van der Waals surface area contributed by atoms with Gasteiger partial charge in [0.15, 0.2) is 11.5 Å². The smallest absolute Gasteiger partial charge is 0.308 e. The van der Waals surface area contributed by atoms with Gasteiger partial charge in [-0.05, 0) is 69.4 Å². The molecule has 6 nitrogen and oxygen atoms in total. The van der Waals surface area contributed by atoms with E-state index >= 15 is 0 Å². The van der Waals surface area contributed by atoms with Crippen LogP contribution in [0.2, 0.25) is 0 Å². The van der Waals surface area contributed by atoms with Crippen LogP contribution in [-0.2, 0) is 5.54 Å². The number of hydrogen-bond donors (Lipinski definition) is 2. The Balaban J connectivity index is 2.37. The zero-order valence-corrected chi connectivity index (χ0v) is 21.9. The van der Waals surface area contributed by atoms with Crippen LogP contribution >= 0.6 is 0 Å². The second-order valence-corrected chi connectivity index (χ2v) is 9.57. The first-order valence-electron chi connectivity index (χ1n) is 11.9. The maximum atomic E-state index is 14.9. The number of allylic oxidation sites excluding steroid dienone is 5. The predicted octanol–water partition coefficient (Wildman–Crippen LogP) is 7.64. The first-order chi connectivity index (χ1) is 16.4. The molecule has 0 fully saturated rings. The van der Waals surface area contributed by atoms with Gasteiger partial charge in [0.05, 0.1) is 11.2 Å². The molecule has 0 saturated heterocycles. The number of nitrogens with one attached hydrogen (secondary N) is 2. The van der Waals surface area contributed by atoms with Crippen molar-refractivity contribution in [3.8, 4) is 0 Å². The third kappa shape index (κ3) is 7.50. The first-order valence-corrected chi connectivity index (χ1v) is 11.9. The van der Waals surface area contributed by atoms with Crippen LogP contribution in [-0.4, -0.2) is 21.6 Å². The van der Waals surface area contributed by atoms with Crippen molar-refractivity contribution in [3.05, 3.63) is 71.3 Å². The molecule has 2 aromatic rings. The number of urea groups is 1. The van der Waals surface area contributed by atoms with E-state index in [1.807, 2.05) is 39.8 Å². The van der Waals surface area contributed by atoms with Gasteiger partial charge < -0.3 is 10.6 Å². The Bertz CT molecular complexity index is 1170. The molecule has 0 bridgehead atoms. The number of Topliss-reactive ketones (excluding diaryl/α,β-unsaturated/α-hetero) is 1. The molecular weight excluding hydrogens is 443 g/mol. The molecule has 0 unspecified atom stereocenters. The molecule has 188 valence electrons. The van der Waals surface area contributed by atoms with E-state index in [9.17, 15) is 14.0 Å². The van der Waals surface area contributed by atoms with Crippen molar-refractivity contribution in [2.24, 2.45) is 0 Å². The average molecular weight is 481 g/mol. The van der Waals surface area contributed by atoms with Crippen LogP contribution in [0.4, 0.5) is 20.6 Å². The molecule has 0 spiro atoms. The van der Waals surface area contributed by atoms with Gasteiger partial charge in [-0.2, -0.15) is 5.10 Å². The van der Waals surface area contributed by atoms with E-state index in [0.29, 0.717) is 22.5 Å². The minimum Gasteiger partial charge on any atom is -0.308 e. The quantitative estimate of drug-likeness (QED) is 0.286. The lowest BCUT2D eigenvalue weighted by atomic mass is 9.97. The summed E-state index contributed by atoms with van der Waals surface area (Å²) in [5, 5.41) is 9.69. The molecule has 2 rings (SSSR count). The van der Waals surface area contributed by atoms with Crippen molar-refractivity contribution in [1.82, 2.24) is 9.78 Å². The molecule has 0 saturated carbocycles. The summed E-state index contributed by atoms with van der Waals surface area (Å²) < 4.78 is 16.5. The second-order valence-electron chi connectivity index (χ2n) is 9.57. The summed E-state index contributed by atoms with van der Waals surface area (Å²) in [6, 6.07) is 2.45. The summed E-state index contributed by atoms with van der Waals surface area (Å²) in [6.07, 6.45) is 10.2. The number of carbonyl (C=O) groups excluding carboxylic acids is 2. The number of anilines is 2. The second kappa shape index (κ2) is 11.8. The first kappa shape index (κ1) is 27.8. The molecule has 0 aliphatic heterocycles. The van der Waals surface area contributed by atoms with Crippen LogP contribution in [0.25, 0.3) is 5.57 Å². The molecule has 0 radical (unpaired) electrons. The van der Waals surface area contributed by atoms with Gasteiger partial charge in [-0.25, -0.2) is 9.18 Å². The van der Waals surface area contributed by atoms with Crippen LogP contribution in [0.1, 0.15) is 82.4 Å². The lowest BCUT2D eigenvalue weighted by Gasteiger charge is -2.18. The predicted molar refractivity (Wildman–Crippen MR) is 142 cm³/mol. The maximum Gasteiger partial charge on any atom is 0.323 e. The molecule has 2 N–H and O–H groups in total. The molecule has 0 aliphatic rings. The van der Waals surface area contributed by atoms with Crippen LogP contribution in [0.3, 0.4) is 0 Å². The van der Waals surface area contributed by atoms with E-state index in [-0.39, 0.29) is 17.0 Å². The molecule has 0 atom stereocenters. The Morgan fingerprint density at radius 1 is 1.17 bits per heavy atom. The number of nitrogens with zero attached hydrogens (tertiary/aromatic N) is 2. The number of hydrogen-bond acceptors (Lipinski definition) is 3. The summed E-state index contributed by atoms with van der Waals surface area (Å²) in [6.45, 7) is 17.1. The van der Waals surface area contributed by atoms with Gasteiger partial charge in [-0.15, -0.1) is 0 Å². The number of carbonyl (C=O) groups is 2. The highest BCUT2D eigenvalue weighted by Gasteiger charge is 2.21. The van der Waals surface area contributed by atoms with E-state index in [1.165, 1.54) is 13.0 Å². The summed E-state index contributed by atoms with van der Waals surface area (Å²) >= 11 is 0. The average Bonchev–Trinajstić information content (AvgIpc) is 3.20. The Labute approximate surface area is 208 Å². The fourth-order valence-corrected chi connectivity index (χ4v) is 3.30. The normalized spacial score (nSPS) is 12.2. The van der Waals surface area contributed by atoms with Gasteiger partial charge in [-0.3, -0.25) is 9.48 Å². The van der Waals surface area contributed by atoms with Gasteiger partial charge >= 0.3 is 6.03 Å². The number of ketones is 1. The number of unbranched alkanes of at least 4 members (excludes halogenated alkanes) is 1. The third-order valence-corrected chi connectivity index (χ3v) is 5.50. The van der Waals surface area contributed by atoms with Crippen molar-refractivity contribution in [2.45, 2.75) is 73.3 Å². The number of aromatic nitrogens is 2. The Morgan fingerprint density at radius 2 is 1.86 bits per heavy atom. The zero-order chi connectivity index (χ0) is 26.3. The Kier molecular flexibility index (Phi) is 9.34. The Hall–Kier alpha value is -3.48. The standard InChI is InChI=1S/C28H37FN4O2/c1-9-11-12-21(14-13-18(3)10-2)23-15-22(16-24(29)19(23)4)30-27(35)31-25-17-33(28(6,7)8)32-26(25)20(5)34/h12-17H,3,9-11H2,1-2,4-8H3,(H2,30,31,35)/b14-13-,21-12+. The minimum atomic E-state index is -0.593. The molecule has 2 amide bonds. The topological polar surface area (TPSA) is 76.0 Å². The summed E-state index contributed by atoms with van der Waals surface area (Å²) in [5.41, 5.74) is 3.42. The van der Waals surface area contributed by atoms with Crippen molar-refractivity contribution >= 4 is 28.8 Å².